The molecule has 23 heavy (non-hydrogen) atoms. The highest BCUT2D eigenvalue weighted by atomic mass is 16.5. The summed E-state index contributed by atoms with van der Waals surface area (Å²) < 4.78 is 5.71. The van der Waals surface area contributed by atoms with E-state index >= 15 is 0 Å². The number of benzene rings is 2. The number of rotatable bonds is 9. The second-order valence-corrected chi connectivity index (χ2v) is 5.69. The molecule has 0 aliphatic carbocycles. The maximum atomic E-state index is 11.2. The number of hydrogen-bond acceptors (Lipinski definition) is 2. The van der Waals surface area contributed by atoms with Gasteiger partial charge in [0.05, 0.1) is 13.0 Å². The molecule has 2 aromatic rings. The van der Waals surface area contributed by atoms with Crippen molar-refractivity contribution in [3.8, 4) is 5.75 Å². The smallest absolute Gasteiger partial charge is 0.304 e. The molecule has 0 radical (unpaired) electrons. The SMILES string of the molecule is CCCCCOc1ccc(C(CC(=O)O)c2ccccc2)cc1. The van der Waals surface area contributed by atoms with Crippen LogP contribution in [0.1, 0.15) is 49.7 Å². The first-order chi connectivity index (χ1) is 11.2. The fourth-order valence-corrected chi connectivity index (χ4v) is 2.63. The largest absolute Gasteiger partial charge is 0.494 e. The van der Waals surface area contributed by atoms with E-state index in [2.05, 4.69) is 6.92 Å². The Kier molecular flexibility index (Phi) is 6.67. The minimum Gasteiger partial charge on any atom is -0.494 e. The molecule has 0 fully saturated rings. The van der Waals surface area contributed by atoms with Gasteiger partial charge in [-0.3, -0.25) is 4.79 Å². The topological polar surface area (TPSA) is 46.5 Å². The van der Waals surface area contributed by atoms with Crippen molar-refractivity contribution in [1.82, 2.24) is 0 Å². The first-order valence-electron chi connectivity index (χ1n) is 8.20. The Balaban J connectivity index is 2.08. The van der Waals surface area contributed by atoms with Crippen molar-refractivity contribution in [2.24, 2.45) is 0 Å². The molecule has 0 saturated heterocycles. The van der Waals surface area contributed by atoms with Gasteiger partial charge in [0.1, 0.15) is 5.75 Å². The Labute approximate surface area is 137 Å². The molecule has 122 valence electrons. The maximum Gasteiger partial charge on any atom is 0.304 e. The molecular formula is C20H24O3. The van der Waals surface area contributed by atoms with Gasteiger partial charge < -0.3 is 9.84 Å². The van der Waals surface area contributed by atoms with E-state index in [9.17, 15) is 9.90 Å². The summed E-state index contributed by atoms with van der Waals surface area (Å²) in [6.45, 7) is 2.89. The minimum atomic E-state index is -0.793. The molecule has 0 amide bonds. The molecule has 0 saturated carbocycles. The molecular weight excluding hydrogens is 288 g/mol. The second-order valence-electron chi connectivity index (χ2n) is 5.69. The molecule has 3 heteroatoms. The predicted octanol–water partition coefficient (Wildman–Crippen LogP) is 4.86. The number of hydrogen-bond donors (Lipinski definition) is 1. The van der Waals surface area contributed by atoms with E-state index in [0.717, 1.165) is 29.9 Å². The summed E-state index contributed by atoms with van der Waals surface area (Å²) in [6.07, 6.45) is 3.49. The summed E-state index contributed by atoms with van der Waals surface area (Å²) in [5, 5.41) is 9.20. The lowest BCUT2D eigenvalue weighted by molar-refractivity contribution is -0.137. The van der Waals surface area contributed by atoms with Crippen molar-refractivity contribution in [1.29, 1.82) is 0 Å². The third-order valence-electron chi connectivity index (χ3n) is 3.88. The van der Waals surface area contributed by atoms with E-state index in [1.165, 1.54) is 12.8 Å². The van der Waals surface area contributed by atoms with E-state index in [-0.39, 0.29) is 12.3 Å². The Morgan fingerprint density at radius 3 is 2.26 bits per heavy atom. The first-order valence-corrected chi connectivity index (χ1v) is 8.20. The Morgan fingerprint density at radius 2 is 1.65 bits per heavy atom. The van der Waals surface area contributed by atoms with Gasteiger partial charge in [-0.15, -0.1) is 0 Å². The van der Waals surface area contributed by atoms with Crippen LogP contribution < -0.4 is 4.74 Å². The zero-order valence-corrected chi connectivity index (χ0v) is 13.6. The van der Waals surface area contributed by atoms with Crippen LogP contribution in [0.2, 0.25) is 0 Å². The lowest BCUT2D eigenvalue weighted by Crippen LogP contribution is -2.08. The normalized spacial score (nSPS) is 11.9. The zero-order chi connectivity index (χ0) is 16.5. The minimum absolute atomic E-state index is 0.0840. The molecule has 0 aromatic heterocycles. The fourth-order valence-electron chi connectivity index (χ4n) is 2.63. The number of unbranched alkanes of at least 4 members (excludes halogenated alkanes) is 2. The van der Waals surface area contributed by atoms with Gasteiger partial charge >= 0.3 is 5.97 Å². The van der Waals surface area contributed by atoms with Gasteiger partial charge in [-0.2, -0.15) is 0 Å². The summed E-state index contributed by atoms with van der Waals surface area (Å²) in [4.78, 5) is 11.2. The van der Waals surface area contributed by atoms with Crippen molar-refractivity contribution < 1.29 is 14.6 Å². The lowest BCUT2D eigenvalue weighted by Gasteiger charge is -2.16. The summed E-state index contributed by atoms with van der Waals surface area (Å²) in [7, 11) is 0. The van der Waals surface area contributed by atoms with Gasteiger partial charge in [0.2, 0.25) is 0 Å². The van der Waals surface area contributed by atoms with Crippen LogP contribution in [-0.4, -0.2) is 17.7 Å². The van der Waals surface area contributed by atoms with E-state index in [4.69, 9.17) is 4.74 Å². The molecule has 0 aliphatic heterocycles. The number of aliphatic carboxylic acids is 1. The van der Waals surface area contributed by atoms with Gasteiger partial charge in [0.15, 0.2) is 0 Å². The number of carboxylic acids is 1. The van der Waals surface area contributed by atoms with Crippen LogP contribution >= 0.6 is 0 Å². The average Bonchev–Trinajstić information content (AvgIpc) is 2.58. The lowest BCUT2D eigenvalue weighted by atomic mass is 9.88. The third-order valence-corrected chi connectivity index (χ3v) is 3.88. The quantitative estimate of drug-likeness (QED) is 0.672. The molecule has 2 aromatic carbocycles. The average molecular weight is 312 g/mol. The van der Waals surface area contributed by atoms with Gasteiger partial charge in [-0.25, -0.2) is 0 Å². The molecule has 0 aliphatic rings. The molecule has 1 unspecified atom stereocenters. The van der Waals surface area contributed by atoms with E-state index < -0.39 is 5.97 Å². The van der Waals surface area contributed by atoms with Crippen LogP contribution in [0.15, 0.2) is 54.6 Å². The van der Waals surface area contributed by atoms with Crippen molar-refractivity contribution in [2.45, 2.75) is 38.5 Å². The van der Waals surface area contributed by atoms with Gasteiger partial charge in [-0.1, -0.05) is 62.2 Å². The molecule has 0 heterocycles. The molecule has 2 rings (SSSR count). The monoisotopic (exact) mass is 312 g/mol. The van der Waals surface area contributed by atoms with Gasteiger partial charge in [0, 0.05) is 5.92 Å². The molecule has 0 bridgehead atoms. The van der Waals surface area contributed by atoms with Crippen LogP contribution in [-0.2, 0) is 4.79 Å². The highest BCUT2D eigenvalue weighted by molar-refractivity contribution is 5.69. The molecule has 1 N–H and O–H groups in total. The van der Waals surface area contributed by atoms with Crippen molar-refractivity contribution >= 4 is 5.97 Å². The van der Waals surface area contributed by atoms with E-state index in [1.54, 1.807) is 0 Å². The predicted molar refractivity (Wildman–Crippen MR) is 92.0 cm³/mol. The zero-order valence-electron chi connectivity index (χ0n) is 13.6. The first kappa shape index (κ1) is 17.1. The second kappa shape index (κ2) is 8.99. The Hall–Kier alpha value is -2.29. The number of carboxylic acid groups (broad SMARTS) is 1. The van der Waals surface area contributed by atoms with Gasteiger partial charge in [0.25, 0.3) is 0 Å². The van der Waals surface area contributed by atoms with Crippen LogP contribution in [0.5, 0.6) is 5.75 Å². The highest BCUT2D eigenvalue weighted by Crippen LogP contribution is 2.29. The van der Waals surface area contributed by atoms with Crippen molar-refractivity contribution in [3.63, 3.8) is 0 Å². The highest BCUT2D eigenvalue weighted by Gasteiger charge is 2.17. The fraction of sp³-hybridized carbons (Fsp3) is 0.350. The summed E-state index contributed by atoms with van der Waals surface area (Å²) in [5.41, 5.74) is 2.02. The maximum absolute atomic E-state index is 11.2. The summed E-state index contributed by atoms with van der Waals surface area (Å²) >= 11 is 0. The van der Waals surface area contributed by atoms with Crippen LogP contribution in [0, 0.1) is 0 Å². The standard InChI is InChI=1S/C20H24O3/c1-2-3-7-14-23-18-12-10-17(11-13-18)19(15-20(21)22)16-8-5-4-6-9-16/h4-6,8-13,19H,2-3,7,14-15H2,1H3,(H,21,22). The Morgan fingerprint density at radius 1 is 1.00 bits per heavy atom. The summed E-state index contributed by atoms with van der Waals surface area (Å²) in [5.74, 6) is -0.0893. The number of ether oxygens (including phenoxy) is 1. The Bertz CT molecular complexity index is 590. The van der Waals surface area contributed by atoms with Crippen LogP contribution in [0.3, 0.4) is 0 Å². The van der Waals surface area contributed by atoms with Crippen molar-refractivity contribution in [3.05, 3.63) is 65.7 Å². The molecule has 0 spiro atoms. The third kappa shape index (κ3) is 5.44. The van der Waals surface area contributed by atoms with Crippen molar-refractivity contribution in [2.75, 3.05) is 6.61 Å². The summed E-state index contributed by atoms with van der Waals surface area (Å²) in [6, 6.07) is 17.6. The molecule has 3 nitrogen and oxygen atoms in total. The van der Waals surface area contributed by atoms with Crippen LogP contribution in [0.4, 0.5) is 0 Å². The van der Waals surface area contributed by atoms with Gasteiger partial charge in [-0.05, 0) is 29.7 Å². The molecule has 1 atom stereocenters. The number of carbonyl (C=O) groups is 1. The van der Waals surface area contributed by atoms with E-state index in [0.29, 0.717) is 0 Å². The van der Waals surface area contributed by atoms with Crippen LogP contribution in [0.25, 0.3) is 0 Å². The van der Waals surface area contributed by atoms with E-state index in [1.807, 2.05) is 54.6 Å².